The van der Waals surface area contributed by atoms with Crippen molar-refractivity contribution in [2.75, 3.05) is 5.32 Å². The molecule has 0 radical (unpaired) electrons. The molecule has 2 fully saturated rings. The zero-order chi connectivity index (χ0) is 9.38. The first kappa shape index (κ1) is 8.24. The molecule has 2 saturated heterocycles. The summed E-state index contributed by atoms with van der Waals surface area (Å²) in [7, 11) is 0. The molecule has 2 aliphatic heterocycles. The molecule has 0 saturated carbocycles. The maximum Gasteiger partial charge on any atom is 0.126 e. The number of ether oxygens (including phenoxy) is 1. The number of anilines is 1. The second-order valence-corrected chi connectivity index (χ2v) is 4.08. The van der Waals surface area contributed by atoms with Gasteiger partial charge in [0.1, 0.15) is 5.82 Å². The molecule has 3 unspecified atom stereocenters. The van der Waals surface area contributed by atoms with Crippen LogP contribution in [0.2, 0.25) is 0 Å². The highest BCUT2D eigenvalue weighted by Gasteiger charge is 2.40. The van der Waals surface area contributed by atoms with Crippen LogP contribution < -0.4 is 5.32 Å². The molecule has 3 heteroatoms. The first-order valence-corrected chi connectivity index (χ1v) is 5.25. The Morgan fingerprint density at radius 3 is 3.00 bits per heavy atom. The van der Waals surface area contributed by atoms with Crippen LogP contribution in [0.15, 0.2) is 24.4 Å². The highest BCUT2D eigenvalue weighted by molar-refractivity contribution is 5.35. The molecule has 0 amide bonds. The Morgan fingerprint density at radius 2 is 2.36 bits per heavy atom. The second kappa shape index (κ2) is 3.24. The van der Waals surface area contributed by atoms with Crippen molar-refractivity contribution < 1.29 is 4.74 Å². The molecule has 3 rings (SSSR count). The molecule has 3 atom stereocenters. The lowest BCUT2D eigenvalue weighted by atomic mass is 9.95. The third kappa shape index (κ3) is 1.38. The van der Waals surface area contributed by atoms with Crippen molar-refractivity contribution in [1.82, 2.24) is 4.98 Å². The van der Waals surface area contributed by atoms with Gasteiger partial charge in [-0.05, 0) is 31.4 Å². The molecule has 0 spiro atoms. The Morgan fingerprint density at radius 1 is 1.36 bits per heavy atom. The van der Waals surface area contributed by atoms with Gasteiger partial charge in [0.05, 0.1) is 18.2 Å². The molecule has 1 aromatic rings. The van der Waals surface area contributed by atoms with Crippen molar-refractivity contribution in [3.8, 4) is 0 Å². The van der Waals surface area contributed by atoms with Gasteiger partial charge in [0.25, 0.3) is 0 Å². The van der Waals surface area contributed by atoms with Crippen LogP contribution in [0.4, 0.5) is 5.82 Å². The van der Waals surface area contributed by atoms with E-state index in [-0.39, 0.29) is 0 Å². The van der Waals surface area contributed by atoms with E-state index in [1.54, 1.807) is 0 Å². The lowest BCUT2D eigenvalue weighted by Crippen LogP contribution is -2.30. The molecule has 2 bridgehead atoms. The van der Waals surface area contributed by atoms with Gasteiger partial charge in [-0.3, -0.25) is 0 Å². The lowest BCUT2D eigenvalue weighted by molar-refractivity contribution is 0.102. The summed E-state index contributed by atoms with van der Waals surface area (Å²) in [5, 5.41) is 3.44. The monoisotopic (exact) mass is 190 g/mol. The summed E-state index contributed by atoms with van der Waals surface area (Å²) in [6.07, 6.45) is 6.32. The first-order valence-electron chi connectivity index (χ1n) is 5.25. The van der Waals surface area contributed by atoms with E-state index in [1.807, 2.05) is 24.4 Å². The molecule has 1 N–H and O–H groups in total. The third-order valence-electron chi connectivity index (χ3n) is 3.10. The van der Waals surface area contributed by atoms with Gasteiger partial charge in [0.2, 0.25) is 0 Å². The SMILES string of the molecule is c1ccc(NC2CC3CCC2O3)nc1. The van der Waals surface area contributed by atoms with Crippen molar-refractivity contribution in [3.05, 3.63) is 24.4 Å². The minimum atomic E-state index is 0.419. The van der Waals surface area contributed by atoms with Crippen molar-refractivity contribution >= 4 is 5.82 Å². The van der Waals surface area contributed by atoms with Crippen LogP contribution in [-0.2, 0) is 4.74 Å². The quantitative estimate of drug-likeness (QED) is 0.772. The normalized spacial score (nSPS) is 34.7. The van der Waals surface area contributed by atoms with Gasteiger partial charge in [-0.15, -0.1) is 0 Å². The number of aromatic nitrogens is 1. The minimum Gasteiger partial charge on any atom is -0.373 e. The molecular weight excluding hydrogens is 176 g/mol. The number of nitrogens with zero attached hydrogens (tertiary/aromatic N) is 1. The molecule has 3 nitrogen and oxygen atoms in total. The van der Waals surface area contributed by atoms with Gasteiger partial charge in [0.15, 0.2) is 0 Å². The number of hydrogen-bond acceptors (Lipinski definition) is 3. The highest BCUT2D eigenvalue weighted by Crippen LogP contribution is 2.35. The average molecular weight is 190 g/mol. The molecule has 0 aliphatic carbocycles. The molecule has 14 heavy (non-hydrogen) atoms. The summed E-state index contributed by atoms with van der Waals surface area (Å²) >= 11 is 0. The fourth-order valence-corrected chi connectivity index (χ4v) is 2.43. The zero-order valence-electron chi connectivity index (χ0n) is 8.02. The number of rotatable bonds is 2. The highest BCUT2D eigenvalue weighted by atomic mass is 16.5. The van der Waals surface area contributed by atoms with E-state index in [2.05, 4.69) is 10.3 Å². The smallest absolute Gasteiger partial charge is 0.126 e. The van der Waals surface area contributed by atoms with E-state index in [9.17, 15) is 0 Å². The molecule has 1 aromatic heterocycles. The van der Waals surface area contributed by atoms with E-state index in [1.165, 1.54) is 12.8 Å². The van der Waals surface area contributed by atoms with Crippen molar-refractivity contribution in [2.24, 2.45) is 0 Å². The predicted octanol–water partition coefficient (Wildman–Crippen LogP) is 1.81. The number of fused-ring (bicyclic) bond motifs is 2. The molecule has 0 aromatic carbocycles. The van der Waals surface area contributed by atoms with Gasteiger partial charge < -0.3 is 10.1 Å². The fraction of sp³-hybridized carbons (Fsp3) is 0.545. The third-order valence-corrected chi connectivity index (χ3v) is 3.10. The van der Waals surface area contributed by atoms with Gasteiger partial charge in [-0.2, -0.15) is 0 Å². The molecule has 3 heterocycles. The molecule has 2 aliphatic rings. The van der Waals surface area contributed by atoms with Crippen LogP contribution in [0.1, 0.15) is 19.3 Å². The minimum absolute atomic E-state index is 0.419. The van der Waals surface area contributed by atoms with Crippen molar-refractivity contribution in [1.29, 1.82) is 0 Å². The van der Waals surface area contributed by atoms with E-state index in [0.29, 0.717) is 18.2 Å². The van der Waals surface area contributed by atoms with Crippen LogP contribution in [0.3, 0.4) is 0 Å². The Bertz CT molecular complexity index is 314. The van der Waals surface area contributed by atoms with Crippen LogP contribution in [0, 0.1) is 0 Å². The standard InChI is InChI=1S/C11H14N2O/c1-2-6-12-11(3-1)13-9-7-8-4-5-10(9)14-8/h1-3,6,8-10H,4-5,7H2,(H,12,13). The van der Waals surface area contributed by atoms with Crippen LogP contribution in [0.5, 0.6) is 0 Å². The summed E-state index contributed by atoms with van der Waals surface area (Å²) in [6.45, 7) is 0. The fourth-order valence-electron chi connectivity index (χ4n) is 2.43. The number of hydrogen-bond donors (Lipinski definition) is 1. The lowest BCUT2D eigenvalue weighted by Gasteiger charge is -2.20. The van der Waals surface area contributed by atoms with Crippen molar-refractivity contribution in [2.45, 2.75) is 37.5 Å². The summed E-state index contributed by atoms with van der Waals surface area (Å²) in [6, 6.07) is 6.42. The largest absolute Gasteiger partial charge is 0.373 e. The Kier molecular flexibility index (Phi) is 1.91. The summed E-state index contributed by atoms with van der Waals surface area (Å²) in [5.74, 6) is 0.966. The van der Waals surface area contributed by atoms with Crippen LogP contribution >= 0.6 is 0 Å². The average Bonchev–Trinajstić information content (AvgIpc) is 2.81. The summed E-state index contributed by atoms with van der Waals surface area (Å²) < 4.78 is 5.77. The Balaban J connectivity index is 1.69. The van der Waals surface area contributed by atoms with E-state index >= 15 is 0 Å². The van der Waals surface area contributed by atoms with Gasteiger partial charge in [-0.25, -0.2) is 4.98 Å². The predicted molar refractivity (Wildman–Crippen MR) is 54.2 cm³/mol. The number of nitrogens with one attached hydrogen (secondary N) is 1. The second-order valence-electron chi connectivity index (χ2n) is 4.08. The maximum atomic E-state index is 5.77. The Labute approximate surface area is 83.5 Å². The first-order chi connectivity index (χ1) is 6.92. The number of pyridine rings is 1. The van der Waals surface area contributed by atoms with Crippen molar-refractivity contribution in [3.63, 3.8) is 0 Å². The van der Waals surface area contributed by atoms with E-state index < -0.39 is 0 Å². The summed E-state index contributed by atoms with van der Waals surface area (Å²) in [5.41, 5.74) is 0. The van der Waals surface area contributed by atoms with E-state index in [4.69, 9.17) is 4.74 Å². The van der Waals surface area contributed by atoms with Crippen LogP contribution in [0.25, 0.3) is 0 Å². The van der Waals surface area contributed by atoms with Gasteiger partial charge in [-0.1, -0.05) is 6.07 Å². The zero-order valence-corrected chi connectivity index (χ0v) is 8.02. The van der Waals surface area contributed by atoms with Gasteiger partial charge in [0, 0.05) is 6.20 Å². The van der Waals surface area contributed by atoms with Gasteiger partial charge >= 0.3 is 0 Å². The van der Waals surface area contributed by atoms with Crippen LogP contribution in [-0.4, -0.2) is 23.2 Å². The van der Waals surface area contributed by atoms with E-state index in [0.717, 1.165) is 12.2 Å². The topological polar surface area (TPSA) is 34.1 Å². The molecule has 74 valence electrons. The Hall–Kier alpha value is -1.09. The maximum absolute atomic E-state index is 5.77. The molecular formula is C11H14N2O. The summed E-state index contributed by atoms with van der Waals surface area (Å²) in [4.78, 5) is 4.26.